The molecule has 0 radical (unpaired) electrons. The molecule has 5 heteroatoms. The van der Waals surface area contributed by atoms with Crippen LogP contribution < -0.4 is 0 Å². The summed E-state index contributed by atoms with van der Waals surface area (Å²) >= 11 is 0. The largest absolute Gasteiger partial charge is 0.481 e. The molecule has 1 aliphatic heterocycles. The number of carboxylic acid groups (broad SMARTS) is 1. The summed E-state index contributed by atoms with van der Waals surface area (Å²) in [6, 6.07) is 0. The second-order valence-electron chi connectivity index (χ2n) is 8.70. The Kier molecular flexibility index (Phi) is 6.16. The average molecular weight is 339 g/mol. The summed E-state index contributed by atoms with van der Waals surface area (Å²) in [5.41, 5.74) is -0.0258. The van der Waals surface area contributed by atoms with E-state index in [-0.39, 0.29) is 6.09 Å². The lowest BCUT2D eigenvalue weighted by molar-refractivity contribution is -0.137. The Hall–Kier alpha value is -1.26. The summed E-state index contributed by atoms with van der Waals surface area (Å²) in [6.07, 6.45) is 9.01. The van der Waals surface area contributed by atoms with Crippen LogP contribution in [0.5, 0.6) is 0 Å². The minimum atomic E-state index is -0.684. The number of likely N-dealkylation sites (tertiary alicyclic amines) is 1. The number of hydrogen-bond acceptors (Lipinski definition) is 3. The molecule has 1 aliphatic carbocycles. The standard InChI is InChI=1S/C19H33NO4/c1-18(2,3)24-17(23)20-13-11-19(12-14-20)9-7-15(8-10-19)5-4-6-16(21)22/h15H,4-14H2,1-3H3,(H,21,22). The number of carbonyl (C=O) groups is 2. The summed E-state index contributed by atoms with van der Waals surface area (Å²) in [5, 5.41) is 8.74. The number of carboxylic acids is 1. The van der Waals surface area contributed by atoms with Crippen LogP contribution in [0.15, 0.2) is 0 Å². The maximum atomic E-state index is 12.2. The lowest BCUT2D eigenvalue weighted by Crippen LogP contribution is -2.46. The van der Waals surface area contributed by atoms with Gasteiger partial charge in [0, 0.05) is 19.5 Å². The highest BCUT2D eigenvalue weighted by molar-refractivity contribution is 5.68. The van der Waals surface area contributed by atoms with Crippen LogP contribution in [0.3, 0.4) is 0 Å². The average Bonchev–Trinajstić information content (AvgIpc) is 2.48. The van der Waals surface area contributed by atoms with Crippen LogP contribution in [0.2, 0.25) is 0 Å². The van der Waals surface area contributed by atoms with Crippen molar-refractivity contribution < 1.29 is 19.4 Å². The van der Waals surface area contributed by atoms with E-state index in [0.29, 0.717) is 17.8 Å². The number of aliphatic carboxylic acids is 1. The predicted molar refractivity (Wildman–Crippen MR) is 92.9 cm³/mol. The molecule has 0 aromatic heterocycles. The number of hydrogen-bond donors (Lipinski definition) is 1. The number of nitrogens with zero attached hydrogens (tertiary/aromatic N) is 1. The number of rotatable bonds is 4. The van der Waals surface area contributed by atoms with Crippen molar-refractivity contribution in [1.82, 2.24) is 4.90 Å². The predicted octanol–water partition coefficient (Wildman–Crippen LogP) is 4.45. The van der Waals surface area contributed by atoms with Gasteiger partial charge in [0.25, 0.3) is 0 Å². The summed E-state index contributed by atoms with van der Waals surface area (Å²) in [6.45, 7) is 7.32. The van der Waals surface area contributed by atoms with Gasteiger partial charge in [-0.25, -0.2) is 4.79 Å². The van der Waals surface area contributed by atoms with Crippen LogP contribution in [0.25, 0.3) is 0 Å². The van der Waals surface area contributed by atoms with Gasteiger partial charge in [-0.2, -0.15) is 0 Å². The van der Waals surface area contributed by atoms with Gasteiger partial charge in [-0.15, -0.1) is 0 Å². The lowest BCUT2D eigenvalue weighted by atomic mass is 9.65. The molecule has 1 N–H and O–H groups in total. The molecule has 0 unspecified atom stereocenters. The smallest absolute Gasteiger partial charge is 0.410 e. The molecule has 1 amide bonds. The molecule has 1 saturated carbocycles. The molecule has 0 aromatic rings. The number of piperidine rings is 1. The SMILES string of the molecule is CC(C)(C)OC(=O)N1CCC2(CCC(CCCC(=O)O)CC2)CC1. The molecule has 2 fully saturated rings. The summed E-state index contributed by atoms with van der Waals surface area (Å²) < 4.78 is 5.47. The Morgan fingerprint density at radius 1 is 1.12 bits per heavy atom. The quantitative estimate of drug-likeness (QED) is 0.822. The molecule has 1 saturated heterocycles. The van der Waals surface area contributed by atoms with E-state index < -0.39 is 11.6 Å². The third kappa shape index (κ3) is 5.67. The van der Waals surface area contributed by atoms with Gasteiger partial charge in [0.05, 0.1) is 0 Å². The van der Waals surface area contributed by atoms with E-state index in [2.05, 4.69) is 0 Å². The first-order valence-corrected chi connectivity index (χ1v) is 9.39. The van der Waals surface area contributed by atoms with Gasteiger partial charge >= 0.3 is 12.1 Å². The van der Waals surface area contributed by atoms with Crippen LogP contribution in [-0.4, -0.2) is 40.8 Å². The van der Waals surface area contributed by atoms with E-state index in [1.165, 1.54) is 25.7 Å². The first kappa shape index (κ1) is 19.1. The molecule has 2 rings (SSSR count). The van der Waals surface area contributed by atoms with E-state index in [1.54, 1.807) is 0 Å². The second-order valence-corrected chi connectivity index (χ2v) is 8.70. The maximum Gasteiger partial charge on any atom is 0.410 e. The first-order valence-electron chi connectivity index (χ1n) is 9.39. The van der Waals surface area contributed by atoms with Crippen molar-refractivity contribution in [3.8, 4) is 0 Å². The van der Waals surface area contributed by atoms with E-state index in [1.807, 2.05) is 25.7 Å². The Bertz CT molecular complexity index is 437. The van der Waals surface area contributed by atoms with Gasteiger partial charge in [-0.3, -0.25) is 4.79 Å². The van der Waals surface area contributed by atoms with Crippen molar-refractivity contribution in [3.05, 3.63) is 0 Å². The normalized spacial score (nSPS) is 21.7. The molecular formula is C19H33NO4. The van der Waals surface area contributed by atoms with E-state index in [4.69, 9.17) is 9.84 Å². The van der Waals surface area contributed by atoms with Crippen LogP contribution in [0, 0.1) is 11.3 Å². The fourth-order valence-electron chi connectivity index (χ4n) is 4.11. The molecular weight excluding hydrogens is 306 g/mol. The van der Waals surface area contributed by atoms with Crippen molar-refractivity contribution in [2.24, 2.45) is 11.3 Å². The Morgan fingerprint density at radius 3 is 2.21 bits per heavy atom. The van der Waals surface area contributed by atoms with Gasteiger partial charge in [-0.1, -0.05) is 0 Å². The van der Waals surface area contributed by atoms with Crippen molar-refractivity contribution in [1.29, 1.82) is 0 Å². The zero-order valence-electron chi connectivity index (χ0n) is 15.5. The third-order valence-electron chi connectivity index (χ3n) is 5.64. The number of carbonyl (C=O) groups excluding carboxylic acids is 1. The third-order valence-corrected chi connectivity index (χ3v) is 5.64. The van der Waals surface area contributed by atoms with Crippen molar-refractivity contribution in [2.45, 2.75) is 84.2 Å². The Labute approximate surface area is 145 Å². The second kappa shape index (κ2) is 7.75. The molecule has 1 spiro atoms. The minimum absolute atomic E-state index is 0.181. The lowest BCUT2D eigenvalue weighted by Gasteiger charge is -2.46. The molecule has 24 heavy (non-hydrogen) atoms. The summed E-state index contributed by atoms with van der Waals surface area (Å²) in [7, 11) is 0. The molecule has 0 aromatic carbocycles. The fraction of sp³-hybridized carbons (Fsp3) is 0.895. The maximum absolute atomic E-state index is 12.2. The van der Waals surface area contributed by atoms with Gasteiger partial charge in [-0.05, 0) is 83.5 Å². The number of amides is 1. The zero-order valence-corrected chi connectivity index (χ0v) is 15.5. The van der Waals surface area contributed by atoms with Crippen molar-refractivity contribution >= 4 is 12.1 Å². The Balaban J connectivity index is 1.72. The molecule has 2 aliphatic rings. The van der Waals surface area contributed by atoms with Crippen LogP contribution in [0.4, 0.5) is 4.79 Å². The Morgan fingerprint density at radius 2 is 1.71 bits per heavy atom. The van der Waals surface area contributed by atoms with Crippen LogP contribution >= 0.6 is 0 Å². The van der Waals surface area contributed by atoms with Crippen LogP contribution in [-0.2, 0) is 9.53 Å². The highest BCUT2D eigenvalue weighted by atomic mass is 16.6. The molecule has 0 bridgehead atoms. The van der Waals surface area contributed by atoms with Crippen LogP contribution in [0.1, 0.15) is 78.6 Å². The zero-order chi connectivity index (χ0) is 17.8. The van der Waals surface area contributed by atoms with Gasteiger partial charge < -0.3 is 14.7 Å². The van der Waals surface area contributed by atoms with Crippen molar-refractivity contribution in [3.63, 3.8) is 0 Å². The molecule has 138 valence electrons. The molecule has 0 atom stereocenters. The van der Waals surface area contributed by atoms with Gasteiger partial charge in [0.2, 0.25) is 0 Å². The first-order chi connectivity index (χ1) is 11.2. The highest BCUT2D eigenvalue weighted by Gasteiger charge is 2.39. The van der Waals surface area contributed by atoms with Gasteiger partial charge in [0.1, 0.15) is 5.60 Å². The van der Waals surface area contributed by atoms with E-state index in [9.17, 15) is 9.59 Å². The fourth-order valence-corrected chi connectivity index (χ4v) is 4.11. The van der Waals surface area contributed by atoms with E-state index >= 15 is 0 Å². The summed E-state index contributed by atoms with van der Waals surface area (Å²) in [5.74, 6) is 0.00987. The minimum Gasteiger partial charge on any atom is -0.481 e. The monoisotopic (exact) mass is 339 g/mol. The highest BCUT2D eigenvalue weighted by Crippen LogP contribution is 2.47. The number of ether oxygens (including phenoxy) is 1. The topological polar surface area (TPSA) is 66.8 Å². The van der Waals surface area contributed by atoms with E-state index in [0.717, 1.165) is 38.8 Å². The van der Waals surface area contributed by atoms with Gasteiger partial charge in [0.15, 0.2) is 0 Å². The molecule has 1 heterocycles. The molecule has 5 nitrogen and oxygen atoms in total. The summed E-state index contributed by atoms with van der Waals surface area (Å²) in [4.78, 5) is 24.6. The van der Waals surface area contributed by atoms with Crippen molar-refractivity contribution in [2.75, 3.05) is 13.1 Å².